The largest absolute Gasteiger partial charge is 0.464 e. The number of piperidine rings is 1. The van der Waals surface area contributed by atoms with E-state index < -0.39 is 5.54 Å². The summed E-state index contributed by atoms with van der Waals surface area (Å²) in [7, 11) is 1.86. The Morgan fingerprint density at radius 2 is 2.14 bits per heavy atom. The van der Waals surface area contributed by atoms with E-state index in [0.717, 1.165) is 44.3 Å². The van der Waals surface area contributed by atoms with E-state index in [9.17, 15) is 4.79 Å². The number of hydrogen-bond acceptors (Lipinski definition) is 4. The minimum atomic E-state index is -0.649. The molecule has 114 valence electrons. The van der Waals surface area contributed by atoms with Gasteiger partial charge in [-0.15, -0.1) is 0 Å². The second kappa shape index (κ2) is 6.16. The molecule has 4 nitrogen and oxygen atoms in total. The number of rotatable bonds is 4. The van der Waals surface area contributed by atoms with Crippen molar-refractivity contribution in [2.75, 3.05) is 26.7 Å². The van der Waals surface area contributed by atoms with Crippen molar-refractivity contribution in [1.29, 1.82) is 0 Å². The Morgan fingerprint density at radius 1 is 1.38 bits per heavy atom. The van der Waals surface area contributed by atoms with Crippen LogP contribution < -0.4 is 10.6 Å². The Balaban J connectivity index is 1.70. The van der Waals surface area contributed by atoms with Crippen LogP contribution in [0.1, 0.15) is 30.4 Å². The van der Waals surface area contributed by atoms with Crippen LogP contribution in [0.4, 0.5) is 0 Å². The number of carbonyl (C=O) groups is 1. The third kappa shape index (κ3) is 2.70. The van der Waals surface area contributed by atoms with Crippen LogP contribution in [0.5, 0.6) is 0 Å². The molecule has 1 unspecified atom stereocenters. The summed E-state index contributed by atoms with van der Waals surface area (Å²) in [4.78, 5) is 12.7. The summed E-state index contributed by atoms with van der Waals surface area (Å²) in [6.45, 7) is 2.61. The summed E-state index contributed by atoms with van der Waals surface area (Å²) in [5, 5.41) is 6.57. The SMILES string of the molecule is CNC1(C(=O)OCC2CCNCC2)CCc2ccccc21. The van der Waals surface area contributed by atoms with Gasteiger partial charge in [-0.2, -0.15) is 0 Å². The smallest absolute Gasteiger partial charge is 0.331 e. The molecule has 1 saturated heterocycles. The first-order valence-electron chi connectivity index (χ1n) is 7.91. The highest BCUT2D eigenvalue weighted by atomic mass is 16.5. The normalized spacial score (nSPS) is 25.6. The van der Waals surface area contributed by atoms with Crippen molar-refractivity contribution in [2.24, 2.45) is 5.92 Å². The molecule has 2 N–H and O–H groups in total. The minimum Gasteiger partial charge on any atom is -0.464 e. The van der Waals surface area contributed by atoms with Crippen molar-refractivity contribution in [1.82, 2.24) is 10.6 Å². The molecular formula is C17H24N2O2. The van der Waals surface area contributed by atoms with Gasteiger partial charge in [0.05, 0.1) is 6.61 Å². The summed E-state index contributed by atoms with van der Waals surface area (Å²) < 4.78 is 5.69. The van der Waals surface area contributed by atoms with Gasteiger partial charge in [0.15, 0.2) is 0 Å². The Kier molecular flexibility index (Phi) is 4.27. The minimum absolute atomic E-state index is 0.117. The molecule has 1 aromatic carbocycles. The molecule has 1 fully saturated rings. The zero-order valence-electron chi connectivity index (χ0n) is 12.7. The molecule has 0 amide bonds. The number of hydrogen-bond donors (Lipinski definition) is 2. The first kappa shape index (κ1) is 14.5. The lowest BCUT2D eigenvalue weighted by molar-refractivity contribution is -0.153. The molecule has 1 aliphatic carbocycles. The Morgan fingerprint density at radius 3 is 2.90 bits per heavy atom. The van der Waals surface area contributed by atoms with Crippen molar-refractivity contribution in [3.05, 3.63) is 35.4 Å². The Bertz CT molecular complexity index is 511. The van der Waals surface area contributed by atoms with Crippen LogP contribution in [0.25, 0.3) is 0 Å². The third-order valence-electron chi connectivity index (χ3n) is 4.93. The molecule has 0 saturated carbocycles. The molecule has 0 spiro atoms. The van der Waals surface area contributed by atoms with Crippen molar-refractivity contribution >= 4 is 5.97 Å². The van der Waals surface area contributed by atoms with Gasteiger partial charge in [0.25, 0.3) is 0 Å². The Hall–Kier alpha value is -1.39. The van der Waals surface area contributed by atoms with Crippen LogP contribution >= 0.6 is 0 Å². The number of likely N-dealkylation sites (N-methyl/N-ethyl adjacent to an activating group) is 1. The first-order chi connectivity index (χ1) is 10.3. The highest BCUT2D eigenvalue weighted by Crippen LogP contribution is 2.37. The summed E-state index contributed by atoms with van der Waals surface area (Å²) in [5.74, 6) is 0.384. The standard InChI is InChI=1S/C17H24N2O2/c1-18-17(9-6-14-4-2-3-5-15(14)17)16(20)21-12-13-7-10-19-11-8-13/h2-5,13,18-19H,6-12H2,1H3. The van der Waals surface area contributed by atoms with E-state index in [1.54, 1.807) is 0 Å². The molecule has 0 bridgehead atoms. The second-order valence-corrected chi connectivity index (χ2v) is 6.10. The number of nitrogens with one attached hydrogen (secondary N) is 2. The van der Waals surface area contributed by atoms with Crippen molar-refractivity contribution in [3.8, 4) is 0 Å². The lowest BCUT2D eigenvalue weighted by Gasteiger charge is -2.29. The number of aryl methyl sites for hydroxylation is 1. The van der Waals surface area contributed by atoms with E-state index in [1.807, 2.05) is 25.2 Å². The van der Waals surface area contributed by atoms with Gasteiger partial charge >= 0.3 is 5.97 Å². The molecule has 1 aliphatic heterocycles. The predicted octanol–water partition coefficient (Wildman–Crippen LogP) is 1.59. The van der Waals surface area contributed by atoms with Crippen LogP contribution in [0.15, 0.2) is 24.3 Å². The summed E-state index contributed by atoms with van der Waals surface area (Å²) in [5.41, 5.74) is 1.69. The summed E-state index contributed by atoms with van der Waals surface area (Å²) in [6, 6.07) is 8.18. The monoisotopic (exact) mass is 288 g/mol. The van der Waals surface area contributed by atoms with Gasteiger partial charge in [0.1, 0.15) is 5.54 Å². The number of ether oxygens (including phenoxy) is 1. The number of esters is 1. The van der Waals surface area contributed by atoms with Gasteiger partial charge in [-0.05, 0) is 62.9 Å². The highest BCUT2D eigenvalue weighted by molar-refractivity contribution is 5.84. The van der Waals surface area contributed by atoms with E-state index in [2.05, 4.69) is 16.7 Å². The topological polar surface area (TPSA) is 50.4 Å². The van der Waals surface area contributed by atoms with Crippen LogP contribution in [0.3, 0.4) is 0 Å². The fraction of sp³-hybridized carbons (Fsp3) is 0.588. The highest BCUT2D eigenvalue weighted by Gasteiger charge is 2.45. The molecule has 1 heterocycles. The third-order valence-corrected chi connectivity index (χ3v) is 4.93. The molecule has 21 heavy (non-hydrogen) atoms. The maximum absolute atomic E-state index is 12.7. The fourth-order valence-electron chi connectivity index (χ4n) is 3.55. The van der Waals surface area contributed by atoms with E-state index in [4.69, 9.17) is 4.74 Å². The molecule has 0 aromatic heterocycles. The molecule has 0 radical (unpaired) electrons. The Labute approximate surface area is 126 Å². The quantitative estimate of drug-likeness (QED) is 0.826. The molecular weight excluding hydrogens is 264 g/mol. The van der Waals surface area contributed by atoms with Gasteiger partial charge in [0, 0.05) is 0 Å². The van der Waals surface area contributed by atoms with E-state index in [0.29, 0.717) is 12.5 Å². The molecule has 2 aliphatic rings. The van der Waals surface area contributed by atoms with Crippen molar-refractivity contribution in [3.63, 3.8) is 0 Å². The maximum atomic E-state index is 12.7. The number of benzene rings is 1. The van der Waals surface area contributed by atoms with Gasteiger partial charge in [-0.25, -0.2) is 4.79 Å². The molecule has 3 rings (SSSR count). The van der Waals surface area contributed by atoms with Gasteiger partial charge < -0.3 is 15.4 Å². The zero-order valence-corrected chi connectivity index (χ0v) is 12.7. The number of fused-ring (bicyclic) bond motifs is 1. The number of carbonyl (C=O) groups excluding carboxylic acids is 1. The van der Waals surface area contributed by atoms with E-state index >= 15 is 0 Å². The molecule has 1 atom stereocenters. The fourth-order valence-corrected chi connectivity index (χ4v) is 3.55. The average Bonchev–Trinajstić information content (AvgIpc) is 2.94. The van der Waals surface area contributed by atoms with Crippen molar-refractivity contribution in [2.45, 2.75) is 31.2 Å². The van der Waals surface area contributed by atoms with Crippen molar-refractivity contribution < 1.29 is 9.53 Å². The molecule has 4 heteroatoms. The van der Waals surface area contributed by atoms with Gasteiger partial charge in [-0.3, -0.25) is 0 Å². The van der Waals surface area contributed by atoms with E-state index in [-0.39, 0.29) is 5.97 Å². The zero-order chi connectivity index (χ0) is 14.7. The lowest BCUT2D eigenvalue weighted by Crippen LogP contribution is -2.47. The summed E-state index contributed by atoms with van der Waals surface area (Å²) in [6.07, 6.45) is 3.90. The maximum Gasteiger partial charge on any atom is 0.331 e. The molecule has 1 aromatic rings. The van der Waals surface area contributed by atoms with Gasteiger partial charge in [0.2, 0.25) is 0 Å². The van der Waals surface area contributed by atoms with Crippen LogP contribution in [-0.2, 0) is 21.5 Å². The van der Waals surface area contributed by atoms with Crippen LogP contribution in [0, 0.1) is 5.92 Å². The first-order valence-corrected chi connectivity index (χ1v) is 7.91. The summed E-state index contributed by atoms with van der Waals surface area (Å²) >= 11 is 0. The van der Waals surface area contributed by atoms with Crippen LogP contribution in [-0.4, -0.2) is 32.7 Å². The average molecular weight is 288 g/mol. The van der Waals surface area contributed by atoms with Crippen LogP contribution in [0.2, 0.25) is 0 Å². The predicted molar refractivity (Wildman–Crippen MR) is 82.1 cm³/mol. The lowest BCUT2D eigenvalue weighted by atomic mass is 9.92. The second-order valence-electron chi connectivity index (χ2n) is 6.10. The van der Waals surface area contributed by atoms with E-state index in [1.165, 1.54) is 5.56 Å². The van der Waals surface area contributed by atoms with Gasteiger partial charge in [-0.1, -0.05) is 24.3 Å².